The first kappa shape index (κ1) is 14.0. The van der Waals surface area contributed by atoms with Crippen LogP contribution in [0.3, 0.4) is 0 Å². The van der Waals surface area contributed by atoms with Crippen molar-refractivity contribution >= 4 is 69.8 Å². The van der Waals surface area contributed by atoms with Crippen LogP contribution in [0.1, 0.15) is 6.92 Å². The number of halogens is 5. The summed E-state index contributed by atoms with van der Waals surface area (Å²) in [5.74, 6) is 0.664. The first-order valence-corrected chi connectivity index (χ1v) is 6.83. The van der Waals surface area contributed by atoms with E-state index >= 15 is 0 Å². The summed E-state index contributed by atoms with van der Waals surface area (Å²) in [6.45, 7) is 1.88. The van der Waals surface area contributed by atoms with Crippen molar-refractivity contribution in [2.24, 2.45) is 0 Å². The van der Waals surface area contributed by atoms with E-state index in [1.807, 2.05) is 6.92 Å². The molecule has 1 nitrogen and oxygen atoms in total. The Morgan fingerprint density at radius 1 is 1.13 bits per heavy atom. The van der Waals surface area contributed by atoms with E-state index in [0.29, 0.717) is 20.7 Å². The van der Waals surface area contributed by atoms with Gasteiger partial charge in [-0.2, -0.15) is 0 Å². The van der Waals surface area contributed by atoms with Gasteiger partial charge in [-0.05, 0) is 6.92 Å². The topological polar surface area (TPSA) is 12.9 Å². The minimum atomic E-state index is 0.00727. The monoisotopic (exact) mass is 323 g/mol. The Hall–Kier alpha value is 0.950. The zero-order valence-electron chi connectivity index (χ0n) is 7.53. The molecule has 0 aliphatic heterocycles. The summed E-state index contributed by atoms with van der Waals surface area (Å²) in [4.78, 5) is 4.40. The van der Waals surface area contributed by atoms with E-state index in [-0.39, 0.29) is 15.7 Å². The average molecular weight is 325 g/mol. The normalized spacial score (nSPS) is 12.9. The van der Waals surface area contributed by atoms with E-state index in [1.165, 1.54) is 11.8 Å². The van der Waals surface area contributed by atoms with E-state index in [0.717, 1.165) is 0 Å². The van der Waals surface area contributed by atoms with E-state index in [9.17, 15) is 0 Å². The quantitative estimate of drug-likeness (QED) is 0.418. The second kappa shape index (κ2) is 6.04. The smallest absolute Gasteiger partial charge is 0.150 e. The molecule has 1 unspecified atom stereocenters. The van der Waals surface area contributed by atoms with Crippen LogP contribution < -0.4 is 0 Å². The van der Waals surface area contributed by atoms with Gasteiger partial charge in [-0.25, -0.2) is 4.98 Å². The van der Waals surface area contributed by atoms with Gasteiger partial charge in [0.25, 0.3) is 0 Å². The van der Waals surface area contributed by atoms with Crippen LogP contribution in [0.5, 0.6) is 0 Å². The first-order valence-electron chi connectivity index (χ1n) is 3.90. The highest BCUT2D eigenvalue weighted by Gasteiger charge is 2.16. The summed E-state index contributed by atoms with van der Waals surface area (Å²) in [5, 5.41) is 0.932. The number of rotatable bonds is 3. The third-order valence-electron chi connectivity index (χ3n) is 1.41. The minimum Gasteiger partial charge on any atom is -0.221 e. The summed E-state index contributed by atoms with van der Waals surface area (Å²) in [7, 11) is 0. The van der Waals surface area contributed by atoms with Gasteiger partial charge < -0.3 is 0 Å². The molecule has 0 aromatic carbocycles. The van der Waals surface area contributed by atoms with Crippen LogP contribution in [0.2, 0.25) is 20.4 Å². The van der Waals surface area contributed by atoms with Gasteiger partial charge >= 0.3 is 0 Å². The number of alkyl halides is 1. The largest absolute Gasteiger partial charge is 0.221 e. The number of pyridine rings is 1. The van der Waals surface area contributed by atoms with Gasteiger partial charge in [0.2, 0.25) is 0 Å². The van der Waals surface area contributed by atoms with Crippen LogP contribution in [0.25, 0.3) is 0 Å². The molecule has 0 N–H and O–H groups in total. The standard InChI is InChI=1S/C8H6Cl5NS/c1-3(9)2-15-6-4(10)7(12)14-8(13)5(6)11/h3H,2H2,1H3. The van der Waals surface area contributed by atoms with Gasteiger partial charge in [-0.1, -0.05) is 46.4 Å². The molecule has 0 spiro atoms. The zero-order valence-corrected chi connectivity index (χ0v) is 12.1. The molecule has 0 bridgehead atoms. The van der Waals surface area contributed by atoms with Crippen molar-refractivity contribution in [1.29, 1.82) is 0 Å². The highest BCUT2D eigenvalue weighted by atomic mass is 35.5. The van der Waals surface area contributed by atoms with Crippen molar-refractivity contribution in [2.45, 2.75) is 17.2 Å². The SMILES string of the molecule is CC(Cl)CSc1c(Cl)c(Cl)nc(Cl)c1Cl. The van der Waals surface area contributed by atoms with Crippen LogP contribution in [0.15, 0.2) is 4.90 Å². The Bertz CT molecular complexity index is 342. The van der Waals surface area contributed by atoms with Crippen LogP contribution in [-0.2, 0) is 0 Å². The summed E-state index contributed by atoms with van der Waals surface area (Å²) in [6, 6.07) is 0. The number of nitrogens with zero attached hydrogens (tertiary/aromatic N) is 1. The fraction of sp³-hybridized carbons (Fsp3) is 0.375. The molecule has 0 aliphatic carbocycles. The van der Waals surface area contributed by atoms with E-state index < -0.39 is 0 Å². The molecule has 0 aliphatic rings. The first-order chi connectivity index (χ1) is 6.93. The van der Waals surface area contributed by atoms with Gasteiger partial charge in [0.15, 0.2) is 10.3 Å². The van der Waals surface area contributed by atoms with Gasteiger partial charge in [0, 0.05) is 11.1 Å². The molecule has 7 heteroatoms. The van der Waals surface area contributed by atoms with Crippen molar-refractivity contribution in [3.05, 3.63) is 20.4 Å². The summed E-state index contributed by atoms with van der Waals surface area (Å²) >= 11 is 30.7. The lowest BCUT2D eigenvalue weighted by molar-refractivity contribution is 1.11. The molecule has 0 fully saturated rings. The van der Waals surface area contributed by atoms with Crippen LogP contribution >= 0.6 is 69.8 Å². The molecule has 1 rings (SSSR count). The molecule has 0 saturated heterocycles. The highest BCUT2D eigenvalue weighted by Crippen LogP contribution is 2.41. The molecule has 1 aromatic heterocycles. The molecule has 1 heterocycles. The fourth-order valence-corrected chi connectivity index (χ4v) is 2.99. The van der Waals surface area contributed by atoms with Crippen molar-refractivity contribution in [2.75, 3.05) is 5.75 Å². The highest BCUT2D eigenvalue weighted by molar-refractivity contribution is 7.99. The maximum Gasteiger partial charge on any atom is 0.150 e. The van der Waals surface area contributed by atoms with Crippen molar-refractivity contribution < 1.29 is 0 Å². The van der Waals surface area contributed by atoms with Gasteiger partial charge in [-0.15, -0.1) is 23.4 Å². The number of hydrogen-bond donors (Lipinski definition) is 0. The zero-order chi connectivity index (χ0) is 11.6. The molecular formula is C8H6Cl5NS. The lowest BCUT2D eigenvalue weighted by Crippen LogP contribution is -1.95. The molecule has 1 aromatic rings. The molecule has 0 saturated carbocycles. The number of thioether (sulfide) groups is 1. The van der Waals surface area contributed by atoms with Crippen LogP contribution in [0, 0.1) is 0 Å². The second-order valence-electron chi connectivity index (χ2n) is 2.74. The Labute approximate surface area is 117 Å². The van der Waals surface area contributed by atoms with Gasteiger partial charge in [0.05, 0.1) is 14.9 Å². The fourth-order valence-electron chi connectivity index (χ4n) is 0.793. The number of hydrogen-bond acceptors (Lipinski definition) is 2. The summed E-state index contributed by atoms with van der Waals surface area (Å²) in [6.07, 6.45) is 0. The minimum absolute atomic E-state index is 0.00727. The predicted octanol–water partition coefficient (Wildman–Crippen LogP) is 5.41. The maximum absolute atomic E-state index is 5.95. The van der Waals surface area contributed by atoms with E-state index in [1.54, 1.807) is 0 Å². The predicted molar refractivity (Wildman–Crippen MR) is 70.3 cm³/mol. The Morgan fingerprint density at radius 3 is 2.00 bits per heavy atom. The maximum atomic E-state index is 5.95. The lowest BCUT2D eigenvalue weighted by atomic mass is 10.5. The second-order valence-corrected chi connectivity index (χ2v) is 5.99. The molecule has 0 radical (unpaired) electrons. The van der Waals surface area contributed by atoms with Crippen molar-refractivity contribution in [1.82, 2.24) is 4.98 Å². The summed E-state index contributed by atoms with van der Waals surface area (Å²) < 4.78 is 0. The van der Waals surface area contributed by atoms with Crippen molar-refractivity contribution in [3.8, 4) is 0 Å². The Morgan fingerprint density at radius 2 is 1.60 bits per heavy atom. The molecular weight excluding hydrogens is 319 g/mol. The van der Waals surface area contributed by atoms with Gasteiger partial charge in [-0.3, -0.25) is 0 Å². The van der Waals surface area contributed by atoms with E-state index in [2.05, 4.69) is 4.98 Å². The van der Waals surface area contributed by atoms with Crippen molar-refractivity contribution in [3.63, 3.8) is 0 Å². The van der Waals surface area contributed by atoms with Gasteiger partial charge in [0.1, 0.15) is 0 Å². The third kappa shape index (κ3) is 3.72. The third-order valence-corrected chi connectivity index (χ3v) is 4.82. The van der Waals surface area contributed by atoms with Crippen LogP contribution in [0.4, 0.5) is 0 Å². The van der Waals surface area contributed by atoms with E-state index in [4.69, 9.17) is 58.0 Å². The Balaban J connectivity index is 3.04. The molecule has 84 valence electrons. The number of aromatic nitrogens is 1. The molecule has 0 amide bonds. The Kier molecular flexibility index (Phi) is 5.64. The van der Waals surface area contributed by atoms with Crippen LogP contribution in [-0.4, -0.2) is 16.1 Å². The molecule has 15 heavy (non-hydrogen) atoms. The lowest BCUT2D eigenvalue weighted by Gasteiger charge is -2.09. The summed E-state index contributed by atoms with van der Waals surface area (Å²) in [5.41, 5.74) is 0. The average Bonchev–Trinajstić information content (AvgIpc) is 2.14. The molecule has 1 atom stereocenters.